The Bertz CT molecular complexity index is 834. The molecule has 0 aromatic carbocycles. The van der Waals surface area contributed by atoms with E-state index in [9.17, 15) is 4.79 Å². The predicted molar refractivity (Wildman–Crippen MR) is 98.3 cm³/mol. The lowest BCUT2D eigenvalue weighted by molar-refractivity contribution is -0.126. The van der Waals surface area contributed by atoms with Gasteiger partial charge in [-0.1, -0.05) is 18.9 Å². The molecule has 0 radical (unpaired) electrons. The minimum absolute atomic E-state index is 0.135. The largest absolute Gasteiger partial charge is 0.464 e. The molecule has 5 heteroatoms. The van der Waals surface area contributed by atoms with Gasteiger partial charge in [-0.15, -0.1) is 11.3 Å². The van der Waals surface area contributed by atoms with Crippen molar-refractivity contribution in [1.29, 1.82) is 0 Å². The maximum atomic E-state index is 13.0. The standard InChI is InChI=1S/C20H20N2O2S/c23-19(20(7-1-2-8-20)18-6-4-10-25-18)22-13-15-11-16(14-21-12-15)17-5-3-9-24-17/h3-6,9-12,14H,1-2,7-8,13H2,(H,22,23). The Morgan fingerprint density at radius 2 is 2.12 bits per heavy atom. The molecular formula is C20H20N2O2S. The number of rotatable bonds is 5. The molecule has 0 saturated heterocycles. The first-order chi connectivity index (χ1) is 12.3. The summed E-state index contributed by atoms with van der Waals surface area (Å²) in [5.41, 5.74) is 1.55. The fourth-order valence-electron chi connectivity index (χ4n) is 3.63. The zero-order valence-electron chi connectivity index (χ0n) is 13.9. The van der Waals surface area contributed by atoms with Gasteiger partial charge in [-0.3, -0.25) is 9.78 Å². The number of thiophene rings is 1. The summed E-state index contributed by atoms with van der Waals surface area (Å²) < 4.78 is 5.42. The zero-order chi connectivity index (χ0) is 17.1. The monoisotopic (exact) mass is 352 g/mol. The Morgan fingerprint density at radius 1 is 1.24 bits per heavy atom. The molecule has 25 heavy (non-hydrogen) atoms. The number of furan rings is 1. The normalized spacial score (nSPS) is 16.0. The van der Waals surface area contributed by atoms with Crippen molar-refractivity contribution < 1.29 is 9.21 Å². The highest BCUT2D eigenvalue weighted by Crippen LogP contribution is 2.43. The van der Waals surface area contributed by atoms with Crippen molar-refractivity contribution in [3.63, 3.8) is 0 Å². The first-order valence-electron chi connectivity index (χ1n) is 8.58. The third kappa shape index (κ3) is 3.12. The third-order valence-electron chi connectivity index (χ3n) is 4.94. The Labute approximate surface area is 150 Å². The van der Waals surface area contributed by atoms with E-state index in [0.29, 0.717) is 6.54 Å². The highest BCUT2D eigenvalue weighted by Gasteiger charge is 2.43. The molecule has 128 valence electrons. The average Bonchev–Trinajstić information content (AvgIpc) is 3.42. The van der Waals surface area contributed by atoms with Crippen molar-refractivity contribution in [1.82, 2.24) is 10.3 Å². The summed E-state index contributed by atoms with van der Waals surface area (Å²) in [6, 6.07) is 9.90. The summed E-state index contributed by atoms with van der Waals surface area (Å²) in [7, 11) is 0. The lowest BCUT2D eigenvalue weighted by atomic mass is 9.83. The van der Waals surface area contributed by atoms with Gasteiger partial charge in [0.1, 0.15) is 5.76 Å². The van der Waals surface area contributed by atoms with Gasteiger partial charge in [0, 0.05) is 29.4 Å². The van der Waals surface area contributed by atoms with Crippen LogP contribution in [-0.4, -0.2) is 10.9 Å². The number of nitrogens with zero attached hydrogens (tertiary/aromatic N) is 1. The summed E-state index contributed by atoms with van der Waals surface area (Å²) in [5.74, 6) is 0.919. The minimum atomic E-state index is -0.347. The van der Waals surface area contributed by atoms with E-state index >= 15 is 0 Å². The summed E-state index contributed by atoms with van der Waals surface area (Å²) in [6.45, 7) is 0.480. The number of carbonyl (C=O) groups is 1. The van der Waals surface area contributed by atoms with E-state index in [1.54, 1.807) is 30.0 Å². The molecule has 1 aliphatic rings. The van der Waals surface area contributed by atoms with Crippen molar-refractivity contribution in [2.75, 3.05) is 0 Å². The Hall–Kier alpha value is -2.40. The van der Waals surface area contributed by atoms with Gasteiger partial charge < -0.3 is 9.73 Å². The molecule has 3 aromatic heterocycles. The summed E-state index contributed by atoms with van der Waals surface area (Å²) in [6.07, 6.45) is 9.30. The molecule has 4 nitrogen and oxygen atoms in total. The molecule has 0 unspecified atom stereocenters. The molecule has 0 bridgehead atoms. The Balaban J connectivity index is 1.49. The van der Waals surface area contributed by atoms with Crippen LogP contribution in [0.4, 0.5) is 0 Å². The third-order valence-corrected chi connectivity index (χ3v) is 6.01. The van der Waals surface area contributed by atoms with Crippen LogP contribution in [0.2, 0.25) is 0 Å². The topological polar surface area (TPSA) is 55.1 Å². The Morgan fingerprint density at radius 3 is 2.84 bits per heavy atom. The molecule has 3 heterocycles. The van der Waals surface area contributed by atoms with Crippen LogP contribution in [0, 0.1) is 0 Å². The van der Waals surface area contributed by atoms with E-state index in [0.717, 1.165) is 42.6 Å². The summed E-state index contributed by atoms with van der Waals surface area (Å²) in [4.78, 5) is 18.5. The maximum absolute atomic E-state index is 13.0. The Kier molecular flexibility index (Phi) is 4.40. The fraction of sp³-hybridized carbons (Fsp3) is 0.300. The van der Waals surface area contributed by atoms with Crippen LogP contribution >= 0.6 is 11.3 Å². The van der Waals surface area contributed by atoms with Gasteiger partial charge in [0.2, 0.25) is 5.91 Å². The van der Waals surface area contributed by atoms with E-state index in [1.165, 1.54) is 4.88 Å². The first-order valence-corrected chi connectivity index (χ1v) is 9.46. The quantitative estimate of drug-likeness (QED) is 0.734. The van der Waals surface area contributed by atoms with Crippen molar-refractivity contribution in [2.24, 2.45) is 0 Å². The molecule has 0 spiro atoms. The second-order valence-corrected chi connectivity index (χ2v) is 7.46. The van der Waals surface area contributed by atoms with Gasteiger partial charge in [0.05, 0.1) is 11.7 Å². The van der Waals surface area contributed by atoms with E-state index in [1.807, 2.05) is 24.3 Å². The van der Waals surface area contributed by atoms with E-state index in [-0.39, 0.29) is 11.3 Å². The molecule has 4 rings (SSSR count). The second-order valence-electron chi connectivity index (χ2n) is 6.51. The molecule has 0 aliphatic heterocycles. The van der Waals surface area contributed by atoms with Gasteiger partial charge >= 0.3 is 0 Å². The van der Waals surface area contributed by atoms with E-state index < -0.39 is 0 Å². The number of carbonyl (C=O) groups excluding carboxylic acids is 1. The van der Waals surface area contributed by atoms with Crippen molar-refractivity contribution in [2.45, 2.75) is 37.6 Å². The highest BCUT2D eigenvalue weighted by atomic mass is 32.1. The van der Waals surface area contributed by atoms with Crippen molar-refractivity contribution in [3.8, 4) is 11.3 Å². The van der Waals surface area contributed by atoms with Crippen LogP contribution in [0.3, 0.4) is 0 Å². The van der Waals surface area contributed by atoms with Crippen LogP contribution in [0.5, 0.6) is 0 Å². The van der Waals surface area contributed by atoms with Crippen LogP contribution in [0.25, 0.3) is 11.3 Å². The van der Waals surface area contributed by atoms with Gasteiger partial charge in [-0.2, -0.15) is 0 Å². The SMILES string of the molecule is O=C(NCc1cncc(-c2ccco2)c1)C1(c2cccs2)CCCC1. The summed E-state index contributed by atoms with van der Waals surface area (Å²) in [5, 5.41) is 5.19. The smallest absolute Gasteiger partial charge is 0.231 e. The zero-order valence-corrected chi connectivity index (χ0v) is 14.7. The molecule has 1 fully saturated rings. The van der Waals surface area contributed by atoms with Crippen molar-refractivity contribution >= 4 is 17.2 Å². The van der Waals surface area contributed by atoms with Crippen LogP contribution in [-0.2, 0) is 16.8 Å². The minimum Gasteiger partial charge on any atom is -0.464 e. The molecule has 0 atom stereocenters. The maximum Gasteiger partial charge on any atom is 0.231 e. The van der Waals surface area contributed by atoms with E-state index in [2.05, 4.69) is 21.7 Å². The molecular weight excluding hydrogens is 332 g/mol. The number of aromatic nitrogens is 1. The van der Waals surface area contributed by atoms with Gasteiger partial charge in [-0.25, -0.2) is 0 Å². The number of hydrogen-bond donors (Lipinski definition) is 1. The predicted octanol–water partition coefficient (Wildman–Crippen LogP) is 4.53. The lowest BCUT2D eigenvalue weighted by Crippen LogP contribution is -2.41. The fourth-order valence-corrected chi connectivity index (χ4v) is 4.61. The van der Waals surface area contributed by atoms with Crippen LogP contribution < -0.4 is 5.32 Å². The van der Waals surface area contributed by atoms with Gasteiger partial charge in [-0.05, 0) is 48.1 Å². The van der Waals surface area contributed by atoms with Gasteiger partial charge in [0.25, 0.3) is 0 Å². The molecule has 1 aliphatic carbocycles. The van der Waals surface area contributed by atoms with Gasteiger partial charge in [0.15, 0.2) is 0 Å². The number of nitrogens with one attached hydrogen (secondary N) is 1. The first kappa shape index (κ1) is 16.1. The van der Waals surface area contributed by atoms with Crippen molar-refractivity contribution in [3.05, 3.63) is 64.8 Å². The molecule has 1 saturated carbocycles. The molecule has 1 N–H and O–H groups in total. The summed E-state index contributed by atoms with van der Waals surface area (Å²) >= 11 is 1.68. The van der Waals surface area contributed by atoms with E-state index in [4.69, 9.17) is 4.42 Å². The molecule has 3 aromatic rings. The second kappa shape index (κ2) is 6.84. The highest BCUT2D eigenvalue weighted by molar-refractivity contribution is 7.10. The van der Waals surface area contributed by atoms with Crippen LogP contribution in [0.1, 0.15) is 36.1 Å². The lowest BCUT2D eigenvalue weighted by Gasteiger charge is -2.26. The average molecular weight is 352 g/mol. The number of hydrogen-bond acceptors (Lipinski definition) is 4. The van der Waals surface area contributed by atoms with Crippen LogP contribution in [0.15, 0.2) is 58.8 Å². The molecule has 1 amide bonds. The number of pyridine rings is 1. The number of amides is 1.